The molecule has 0 unspecified atom stereocenters. The first kappa shape index (κ1) is 15.5. The summed E-state index contributed by atoms with van der Waals surface area (Å²) >= 11 is 15.7. The molecule has 2 rings (SSSR count). The minimum absolute atomic E-state index is 0.532. The summed E-state index contributed by atoms with van der Waals surface area (Å²) in [6.45, 7) is 2.47. The molecule has 108 valence electrons. The predicted octanol–water partition coefficient (Wildman–Crippen LogP) is 4.42. The highest BCUT2D eigenvalue weighted by Crippen LogP contribution is 2.34. The molecule has 0 saturated carbocycles. The zero-order valence-electron chi connectivity index (χ0n) is 11.3. The molecule has 0 atom stereocenters. The molecule has 0 aliphatic heterocycles. The molecule has 4 nitrogen and oxygen atoms in total. The van der Waals surface area contributed by atoms with Gasteiger partial charge in [-0.3, -0.25) is 0 Å². The van der Waals surface area contributed by atoms with Crippen molar-refractivity contribution in [2.75, 3.05) is 12.4 Å². The van der Waals surface area contributed by atoms with E-state index in [0.29, 0.717) is 22.3 Å². The van der Waals surface area contributed by atoms with Gasteiger partial charge in [-0.2, -0.15) is 5.10 Å². The number of hydrogen-bond donors (Lipinski definition) is 1. The molecule has 0 fully saturated rings. The van der Waals surface area contributed by atoms with Crippen LogP contribution in [0.25, 0.3) is 0 Å². The first-order valence-corrected chi connectivity index (χ1v) is 7.43. The Labute approximate surface area is 136 Å². The smallest absolute Gasteiger partial charge is 0.216 e. The van der Waals surface area contributed by atoms with Crippen LogP contribution in [0, 0.1) is 6.92 Å². The number of nitrogens with zero attached hydrogens (tertiary/aromatic N) is 2. The molecular formula is C13H14BrCl2N3O. The van der Waals surface area contributed by atoms with Crippen LogP contribution in [0.4, 0.5) is 5.69 Å². The molecule has 1 heterocycles. The number of nitrogens with one attached hydrogen (secondary N) is 1. The van der Waals surface area contributed by atoms with Gasteiger partial charge in [0.25, 0.3) is 0 Å². The normalized spacial score (nSPS) is 10.7. The molecule has 1 aromatic heterocycles. The third kappa shape index (κ3) is 3.05. The number of aryl methyl sites for hydroxylation is 2. The number of anilines is 1. The summed E-state index contributed by atoms with van der Waals surface area (Å²) in [5, 5.41) is 8.69. The van der Waals surface area contributed by atoms with E-state index in [4.69, 9.17) is 27.9 Å². The van der Waals surface area contributed by atoms with Crippen LogP contribution in [-0.4, -0.2) is 16.9 Å². The summed E-state index contributed by atoms with van der Waals surface area (Å²) in [7, 11) is 3.47. The second-order valence-corrected chi connectivity index (χ2v) is 6.02. The molecule has 20 heavy (non-hydrogen) atoms. The van der Waals surface area contributed by atoms with E-state index in [1.54, 1.807) is 23.9 Å². The lowest BCUT2D eigenvalue weighted by Gasteiger charge is -2.11. The maximum atomic E-state index is 6.19. The fraction of sp³-hybridized carbons (Fsp3) is 0.308. The fourth-order valence-electron chi connectivity index (χ4n) is 2.03. The number of ether oxygens (including phenoxy) is 1. The second kappa shape index (κ2) is 6.24. The second-order valence-electron chi connectivity index (χ2n) is 4.29. The Balaban J connectivity index is 2.26. The quantitative estimate of drug-likeness (QED) is 0.855. The molecule has 0 radical (unpaired) electrons. The van der Waals surface area contributed by atoms with Crippen molar-refractivity contribution >= 4 is 44.8 Å². The predicted molar refractivity (Wildman–Crippen MR) is 86.0 cm³/mol. The van der Waals surface area contributed by atoms with Gasteiger partial charge in [0.05, 0.1) is 34.1 Å². The summed E-state index contributed by atoms with van der Waals surface area (Å²) < 4.78 is 7.90. The highest BCUT2D eigenvalue weighted by atomic mass is 79.9. The molecule has 2 aromatic rings. The summed E-state index contributed by atoms with van der Waals surface area (Å²) in [4.78, 5) is 0. The molecule has 7 heteroatoms. The third-order valence-electron chi connectivity index (χ3n) is 2.93. The lowest BCUT2D eigenvalue weighted by molar-refractivity contribution is 0.370. The summed E-state index contributed by atoms with van der Waals surface area (Å²) in [5.74, 6) is 0.722. The van der Waals surface area contributed by atoms with Crippen LogP contribution in [0.3, 0.4) is 0 Å². The fourth-order valence-corrected chi connectivity index (χ4v) is 3.37. The van der Waals surface area contributed by atoms with Gasteiger partial charge in [0.1, 0.15) is 0 Å². The Bertz CT molecular complexity index is 620. The summed E-state index contributed by atoms with van der Waals surface area (Å²) in [6, 6.07) is 3.59. The van der Waals surface area contributed by atoms with Crippen LogP contribution in [0.1, 0.15) is 11.3 Å². The van der Waals surface area contributed by atoms with Crippen molar-refractivity contribution in [2.45, 2.75) is 13.5 Å². The van der Waals surface area contributed by atoms with Crippen molar-refractivity contribution in [2.24, 2.45) is 7.05 Å². The number of aromatic nitrogens is 2. The highest BCUT2D eigenvalue weighted by molar-refractivity contribution is 9.10. The number of hydrogen-bond acceptors (Lipinski definition) is 3. The molecule has 0 aliphatic rings. The van der Waals surface area contributed by atoms with Gasteiger partial charge in [-0.05, 0) is 19.1 Å². The first-order valence-electron chi connectivity index (χ1n) is 5.89. The lowest BCUT2D eigenvalue weighted by atomic mass is 10.2. The maximum Gasteiger partial charge on any atom is 0.216 e. The van der Waals surface area contributed by atoms with Crippen LogP contribution in [-0.2, 0) is 13.6 Å². The molecule has 0 bridgehead atoms. The Morgan fingerprint density at radius 2 is 1.95 bits per heavy atom. The van der Waals surface area contributed by atoms with E-state index < -0.39 is 0 Å². The Hall–Kier alpha value is -0.910. The van der Waals surface area contributed by atoms with Crippen LogP contribution in [0.2, 0.25) is 10.0 Å². The Kier molecular flexibility index (Phi) is 4.83. The van der Waals surface area contributed by atoms with Crippen molar-refractivity contribution in [3.63, 3.8) is 0 Å². The van der Waals surface area contributed by atoms with Gasteiger partial charge in [-0.15, -0.1) is 0 Å². The zero-order chi connectivity index (χ0) is 14.9. The number of rotatable bonds is 4. The Morgan fingerprint density at radius 3 is 2.50 bits per heavy atom. The monoisotopic (exact) mass is 377 g/mol. The molecular weight excluding hydrogens is 365 g/mol. The number of methoxy groups -OCH3 is 1. The van der Waals surface area contributed by atoms with Gasteiger partial charge in [-0.1, -0.05) is 39.1 Å². The number of benzene rings is 1. The standard InChI is InChI=1S/C13H14BrCl2N3O/c1-7-9(13(20-3)19(2)18-7)6-17-12-10(15)4-8(14)5-11(12)16/h4-5,17H,6H2,1-3H3. The highest BCUT2D eigenvalue weighted by Gasteiger charge is 2.15. The summed E-state index contributed by atoms with van der Waals surface area (Å²) in [6.07, 6.45) is 0. The third-order valence-corrected chi connectivity index (χ3v) is 3.98. The van der Waals surface area contributed by atoms with E-state index in [-0.39, 0.29) is 0 Å². The van der Waals surface area contributed by atoms with Crippen molar-refractivity contribution in [1.29, 1.82) is 0 Å². The molecule has 0 spiro atoms. The molecule has 0 amide bonds. The van der Waals surface area contributed by atoms with E-state index in [2.05, 4.69) is 26.3 Å². The topological polar surface area (TPSA) is 39.1 Å². The largest absolute Gasteiger partial charge is 0.481 e. The van der Waals surface area contributed by atoms with Gasteiger partial charge in [0, 0.05) is 18.1 Å². The lowest BCUT2D eigenvalue weighted by Crippen LogP contribution is -2.04. The van der Waals surface area contributed by atoms with E-state index in [0.717, 1.165) is 21.6 Å². The first-order chi connectivity index (χ1) is 9.43. The average molecular weight is 379 g/mol. The molecule has 0 aliphatic carbocycles. The average Bonchev–Trinajstić information content (AvgIpc) is 2.62. The SMILES string of the molecule is COc1c(CNc2c(Cl)cc(Br)cc2Cl)c(C)nn1C. The van der Waals surface area contributed by atoms with Gasteiger partial charge in [-0.25, -0.2) is 4.68 Å². The summed E-state index contributed by atoms with van der Waals surface area (Å²) in [5.41, 5.74) is 2.58. The van der Waals surface area contributed by atoms with Crippen molar-refractivity contribution < 1.29 is 4.74 Å². The van der Waals surface area contributed by atoms with Gasteiger partial charge >= 0.3 is 0 Å². The van der Waals surface area contributed by atoms with E-state index in [9.17, 15) is 0 Å². The van der Waals surface area contributed by atoms with Crippen LogP contribution >= 0.6 is 39.1 Å². The van der Waals surface area contributed by atoms with Crippen LogP contribution in [0.5, 0.6) is 5.88 Å². The van der Waals surface area contributed by atoms with Crippen molar-refractivity contribution in [3.8, 4) is 5.88 Å². The minimum Gasteiger partial charge on any atom is -0.481 e. The van der Waals surface area contributed by atoms with Gasteiger partial charge < -0.3 is 10.1 Å². The van der Waals surface area contributed by atoms with E-state index in [1.165, 1.54) is 0 Å². The van der Waals surface area contributed by atoms with E-state index in [1.807, 2.05) is 14.0 Å². The molecule has 0 saturated heterocycles. The minimum atomic E-state index is 0.532. The molecule has 1 N–H and O–H groups in total. The number of halogens is 3. The van der Waals surface area contributed by atoms with Crippen molar-refractivity contribution in [3.05, 3.63) is 37.9 Å². The van der Waals surface area contributed by atoms with Crippen LogP contribution < -0.4 is 10.1 Å². The zero-order valence-corrected chi connectivity index (χ0v) is 14.4. The van der Waals surface area contributed by atoms with Gasteiger partial charge in [0.15, 0.2) is 0 Å². The van der Waals surface area contributed by atoms with Gasteiger partial charge in [0.2, 0.25) is 5.88 Å². The maximum absolute atomic E-state index is 6.19. The Morgan fingerprint density at radius 1 is 1.35 bits per heavy atom. The van der Waals surface area contributed by atoms with Crippen LogP contribution in [0.15, 0.2) is 16.6 Å². The molecule has 1 aromatic carbocycles. The van der Waals surface area contributed by atoms with E-state index >= 15 is 0 Å². The van der Waals surface area contributed by atoms with Crippen molar-refractivity contribution in [1.82, 2.24) is 9.78 Å².